The third-order valence-corrected chi connectivity index (χ3v) is 6.83. The highest BCUT2D eigenvalue weighted by molar-refractivity contribution is 7.12. The van der Waals surface area contributed by atoms with Gasteiger partial charge in [-0.3, -0.25) is 4.79 Å². The third-order valence-electron chi connectivity index (χ3n) is 5.62. The lowest BCUT2D eigenvalue weighted by Gasteiger charge is -2.18. The van der Waals surface area contributed by atoms with Crippen LogP contribution in [0.15, 0.2) is 48.5 Å². The van der Waals surface area contributed by atoms with Crippen LogP contribution in [0.4, 0.5) is 0 Å². The van der Waals surface area contributed by atoms with E-state index < -0.39 is 5.97 Å². The van der Waals surface area contributed by atoms with E-state index in [-0.39, 0.29) is 17.5 Å². The van der Waals surface area contributed by atoms with Gasteiger partial charge in [-0.1, -0.05) is 24.3 Å². The Bertz CT molecular complexity index is 1140. The number of nitrogens with one attached hydrogen (secondary N) is 1. The maximum Gasteiger partial charge on any atom is 0.335 e. The van der Waals surface area contributed by atoms with Gasteiger partial charge in [0.05, 0.1) is 37.5 Å². The molecule has 2 aromatic carbocycles. The number of hydrogen-bond acceptors (Lipinski definition) is 5. The molecule has 0 fully saturated rings. The van der Waals surface area contributed by atoms with E-state index in [0.717, 1.165) is 37.8 Å². The van der Waals surface area contributed by atoms with Crippen LogP contribution in [-0.2, 0) is 24.2 Å². The summed E-state index contributed by atoms with van der Waals surface area (Å²) in [5.41, 5.74) is 3.97. The van der Waals surface area contributed by atoms with Gasteiger partial charge in [-0.2, -0.15) is 0 Å². The molecular formula is C25H25NO5S. The number of methoxy groups -OCH3 is 1. The molecule has 0 bridgehead atoms. The summed E-state index contributed by atoms with van der Waals surface area (Å²) in [4.78, 5) is 26.6. The number of rotatable bonds is 7. The van der Waals surface area contributed by atoms with Gasteiger partial charge in [0.25, 0.3) is 5.91 Å². The predicted molar refractivity (Wildman–Crippen MR) is 123 cm³/mol. The van der Waals surface area contributed by atoms with Gasteiger partial charge in [0.15, 0.2) is 0 Å². The van der Waals surface area contributed by atoms with Gasteiger partial charge >= 0.3 is 5.97 Å². The number of carboxylic acid groups (broad SMARTS) is 1. The molecule has 0 spiro atoms. The van der Waals surface area contributed by atoms with E-state index in [9.17, 15) is 9.59 Å². The molecule has 1 amide bonds. The Hall–Kier alpha value is -3.16. The fraction of sp³-hybridized carbons (Fsp3) is 0.280. The van der Waals surface area contributed by atoms with Gasteiger partial charge in [-0.25, -0.2) is 4.79 Å². The Labute approximate surface area is 190 Å². The van der Waals surface area contributed by atoms with Gasteiger partial charge < -0.3 is 19.9 Å². The molecule has 0 aliphatic carbocycles. The number of benzene rings is 2. The van der Waals surface area contributed by atoms with Crippen LogP contribution in [0.1, 0.15) is 60.1 Å². The quantitative estimate of drug-likeness (QED) is 0.548. The van der Waals surface area contributed by atoms with Gasteiger partial charge in [0.1, 0.15) is 5.75 Å². The Morgan fingerprint density at radius 2 is 2.00 bits per heavy atom. The number of carbonyl (C=O) groups is 2. The second-order valence-electron chi connectivity index (χ2n) is 7.76. The molecular weight excluding hydrogens is 426 g/mol. The molecule has 7 heteroatoms. The standard InChI is InChI=1S/C25H25NO5S/c1-15(17-6-8-18(9-7-17)25(28)29)26-24(27)23-20-10-11-31-14-22(20)32-21(23)13-16-4-3-5-19(12-16)30-2/h3-9,12,15H,10-11,13-14H2,1-2H3,(H,26,27)(H,28,29). The van der Waals surface area contributed by atoms with Gasteiger partial charge in [-0.05, 0) is 54.3 Å². The maximum absolute atomic E-state index is 13.4. The van der Waals surface area contributed by atoms with Crippen LogP contribution in [0.25, 0.3) is 0 Å². The Morgan fingerprint density at radius 1 is 1.22 bits per heavy atom. The topological polar surface area (TPSA) is 84.9 Å². The van der Waals surface area contributed by atoms with Crippen molar-refractivity contribution in [3.8, 4) is 5.75 Å². The normalized spacial score (nSPS) is 13.8. The van der Waals surface area contributed by atoms with E-state index in [4.69, 9.17) is 14.6 Å². The Kier molecular flexibility index (Phi) is 6.58. The zero-order chi connectivity index (χ0) is 22.7. The van der Waals surface area contributed by atoms with E-state index in [1.165, 1.54) is 0 Å². The number of thiophene rings is 1. The van der Waals surface area contributed by atoms with E-state index >= 15 is 0 Å². The third kappa shape index (κ3) is 4.69. The van der Waals surface area contributed by atoms with Crippen molar-refractivity contribution in [3.63, 3.8) is 0 Å². The van der Waals surface area contributed by atoms with E-state index in [2.05, 4.69) is 5.32 Å². The van der Waals surface area contributed by atoms with Crippen molar-refractivity contribution in [2.45, 2.75) is 32.4 Å². The molecule has 3 aromatic rings. The molecule has 0 saturated carbocycles. The van der Waals surface area contributed by atoms with Crippen LogP contribution in [-0.4, -0.2) is 30.7 Å². The molecule has 166 valence electrons. The summed E-state index contributed by atoms with van der Waals surface area (Å²) < 4.78 is 11.0. The van der Waals surface area contributed by atoms with Crippen molar-refractivity contribution in [3.05, 3.63) is 86.1 Å². The highest BCUT2D eigenvalue weighted by atomic mass is 32.1. The molecule has 1 atom stereocenters. The molecule has 2 heterocycles. The fourth-order valence-electron chi connectivity index (χ4n) is 3.91. The summed E-state index contributed by atoms with van der Waals surface area (Å²) in [5, 5.41) is 12.2. The fourth-order valence-corrected chi connectivity index (χ4v) is 5.24. The minimum atomic E-state index is -0.970. The Balaban J connectivity index is 1.60. The monoisotopic (exact) mass is 451 g/mol. The average molecular weight is 452 g/mol. The highest BCUT2D eigenvalue weighted by Crippen LogP contribution is 2.34. The minimum Gasteiger partial charge on any atom is -0.497 e. The number of carbonyl (C=O) groups excluding carboxylic acids is 1. The van der Waals surface area contributed by atoms with Crippen molar-refractivity contribution in [2.24, 2.45) is 0 Å². The van der Waals surface area contributed by atoms with Crippen molar-refractivity contribution in [1.29, 1.82) is 0 Å². The van der Waals surface area contributed by atoms with Crippen molar-refractivity contribution >= 4 is 23.2 Å². The van der Waals surface area contributed by atoms with Crippen LogP contribution >= 0.6 is 11.3 Å². The summed E-state index contributed by atoms with van der Waals surface area (Å²) in [6.07, 6.45) is 1.35. The summed E-state index contributed by atoms with van der Waals surface area (Å²) in [6, 6.07) is 14.2. The van der Waals surface area contributed by atoms with Gasteiger partial charge in [0.2, 0.25) is 0 Å². The molecule has 32 heavy (non-hydrogen) atoms. The number of fused-ring (bicyclic) bond motifs is 1. The summed E-state index contributed by atoms with van der Waals surface area (Å²) in [5.74, 6) is -0.295. The first-order chi connectivity index (χ1) is 15.5. The predicted octanol–water partition coefficient (Wildman–Crippen LogP) is 4.61. The average Bonchev–Trinajstić information content (AvgIpc) is 3.17. The first-order valence-electron chi connectivity index (χ1n) is 10.4. The lowest BCUT2D eigenvalue weighted by Crippen LogP contribution is -2.28. The van der Waals surface area contributed by atoms with Crippen LogP contribution in [0.5, 0.6) is 5.75 Å². The second kappa shape index (κ2) is 9.54. The van der Waals surface area contributed by atoms with Crippen molar-refractivity contribution in [1.82, 2.24) is 5.32 Å². The maximum atomic E-state index is 13.4. The van der Waals surface area contributed by atoms with E-state index in [1.807, 2.05) is 31.2 Å². The summed E-state index contributed by atoms with van der Waals surface area (Å²) >= 11 is 1.63. The smallest absolute Gasteiger partial charge is 0.335 e. The van der Waals surface area contributed by atoms with E-state index in [1.54, 1.807) is 42.7 Å². The molecule has 4 rings (SSSR count). The first kappa shape index (κ1) is 22.0. The molecule has 1 aromatic heterocycles. The SMILES string of the molecule is COc1cccc(Cc2sc3c(c2C(=O)NC(C)c2ccc(C(=O)O)cc2)CCOC3)c1. The molecule has 2 N–H and O–H groups in total. The molecule has 0 saturated heterocycles. The minimum absolute atomic E-state index is 0.114. The second-order valence-corrected chi connectivity index (χ2v) is 8.94. The number of carboxylic acids is 1. The van der Waals surface area contributed by atoms with Crippen LogP contribution in [0.2, 0.25) is 0 Å². The number of aromatic carboxylic acids is 1. The molecule has 6 nitrogen and oxygen atoms in total. The molecule has 1 aliphatic rings. The van der Waals surface area contributed by atoms with E-state index in [0.29, 0.717) is 26.1 Å². The zero-order valence-corrected chi connectivity index (χ0v) is 18.8. The van der Waals surface area contributed by atoms with Crippen molar-refractivity contribution < 1.29 is 24.2 Å². The number of amides is 1. The Morgan fingerprint density at radius 3 is 2.72 bits per heavy atom. The highest BCUT2D eigenvalue weighted by Gasteiger charge is 2.26. The first-order valence-corrected chi connectivity index (χ1v) is 11.3. The molecule has 1 unspecified atom stereocenters. The lowest BCUT2D eigenvalue weighted by molar-refractivity contribution is 0.0696. The van der Waals surface area contributed by atoms with Crippen LogP contribution in [0, 0.1) is 0 Å². The van der Waals surface area contributed by atoms with Crippen LogP contribution in [0.3, 0.4) is 0 Å². The van der Waals surface area contributed by atoms with Gasteiger partial charge in [-0.15, -0.1) is 11.3 Å². The molecule has 1 aliphatic heterocycles. The van der Waals surface area contributed by atoms with Crippen LogP contribution < -0.4 is 10.1 Å². The largest absolute Gasteiger partial charge is 0.497 e. The zero-order valence-electron chi connectivity index (χ0n) is 18.0. The number of ether oxygens (including phenoxy) is 2. The summed E-state index contributed by atoms with van der Waals surface area (Å²) in [7, 11) is 1.64. The van der Waals surface area contributed by atoms with Gasteiger partial charge in [0, 0.05) is 16.2 Å². The van der Waals surface area contributed by atoms with Crippen molar-refractivity contribution in [2.75, 3.05) is 13.7 Å². The molecule has 0 radical (unpaired) electrons. The number of hydrogen-bond donors (Lipinski definition) is 2. The lowest BCUT2D eigenvalue weighted by atomic mass is 9.99. The summed E-state index contributed by atoms with van der Waals surface area (Å²) in [6.45, 7) is 3.04.